The Hall–Kier alpha value is -1.18. The van der Waals surface area contributed by atoms with Gasteiger partial charge in [-0.1, -0.05) is 39.8 Å². The Bertz CT molecular complexity index is 429. The molecule has 1 aromatic carbocycles. The van der Waals surface area contributed by atoms with Gasteiger partial charge in [-0.2, -0.15) is 0 Å². The van der Waals surface area contributed by atoms with Crippen molar-refractivity contribution in [2.24, 2.45) is 5.73 Å². The highest BCUT2D eigenvalue weighted by molar-refractivity contribution is 8.76. The summed E-state index contributed by atoms with van der Waals surface area (Å²) in [4.78, 5) is 23.8. The van der Waals surface area contributed by atoms with Crippen molar-refractivity contribution in [3.05, 3.63) is 30.3 Å². The van der Waals surface area contributed by atoms with Gasteiger partial charge in [0.2, 0.25) is 5.91 Å². The standard InChI is InChI=1S/C13H18N2O3S2/c1-2-18-12(16)8-15-13(17)11(14)9-19-20-10-6-4-3-5-7-10/h3-7,11H,2,8-9,14H2,1H3,(H,15,17)/t11-/m0/s1. The van der Waals surface area contributed by atoms with Crippen LogP contribution in [0.15, 0.2) is 35.2 Å². The number of nitrogens with one attached hydrogen (secondary N) is 1. The summed E-state index contributed by atoms with van der Waals surface area (Å²) in [5.74, 6) is -0.340. The molecule has 0 aromatic heterocycles. The summed E-state index contributed by atoms with van der Waals surface area (Å²) in [5.41, 5.74) is 5.74. The van der Waals surface area contributed by atoms with Crippen LogP contribution in [0, 0.1) is 0 Å². The molecule has 0 bridgehead atoms. The fourth-order valence-corrected chi connectivity index (χ4v) is 3.39. The molecule has 5 nitrogen and oxygen atoms in total. The maximum absolute atomic E-state index is 11.6. The number of nitrogens with two attached hydrogens (primary N) is 1. The molecular formula is C13H18N2O3S2. The second kappa shape index (κ2) is 9.68. The van der Waals surface area contributed by atoms with E-state index >= 15 is 0 Å². The van der Waals surface area contributed by atoms with E-state index in [4.69, 9.17) is 10.5 Å². The van der Waals surface area contributed by atoms with E-state index in [2.05, 4.69) is 5.32 Å². The highest BCUT2D eigenvalue weighted by atomic mass is 33.1. The van der Waals surface area contributed by atoms with Gasteiger partial charge in [0.15, 0.2) is 0 Å². The Labute approximate surface area is 126 Å². The third-order valence-corrected chi connectivity index (χ3v) is 4.61. The Morgan fingerprint density at radius 2 is 2.05 bits per heavy atom. The maximum Gasteiger partial charge on any atom is 0.325 e. The van der Waals surface area contributed by atoms with Crippen LogP contribution in [0.25, 0.3) is 0 Å². The zero-order valence-electron chi connectivity index (χ0n) is 11.2. The smallest absolute Gasteiger partial charge is 0.325 e. The SMILES string of the molecule is CCOC(=O)CNC(=O)[C@@H](N)CSSc1ccccc1. The minimum atomic E-state index is -0.648. The van der Waals surface area contributed by atoms with Gasteiger partial charge in [-0.05, 0) is 19.1 Å². The van der Waals surface area contributed by atoms with Gasteiger partial charge in [-0.15, -0.1) is 0 Å². The first-order valence-electron chi connectivity index (χ1n) is 6.17. The molecule has 7 heteroatoms. The van der Waals surface area contributed by atoms with Crippen molar-refractivity contribution in [1.82, 2.24) is 5.32 Å². The summed E-state index contributed by atoms with van der Waals surface area (Å²) in [6.07, 6.45) is 0. The second-order valence-corrected chi connectivity index (χ2v) is 6.22. The van der Waals surface area contributed by atoms with Gasteiger partial charge in [-0.3, -0.25) is 9.59 Å². The number of ether oxygens (including phenoxy) is 1. The summed E-state index contributed by atoms with van der Waals surface area (Å²) >= 11 is 0. The third-order valence-electron chi connectivity index (χ3n) is 2.20. The quantitative estimate of drug-likeness (QED) is 0.558. The maximum atomic E-state index is 11.6. The van der Waals surface area contributed by atoms with Crippen LogP contribution in [-0.2, 0) is 14.3 Å². The lowest BCUT2D eigenvalue weighted by Crippen LogP contribution is -2.44. The van der Waals surface area contributed by atoms with Gasteiger partial charge in [-0.25, -0.2) is 0 Å². The molecule has 0 radical (unpaired) electrons. The van der Waals surface area contributed by atoms with Gasteiger partial charge in [0.1, 0.15) is 6.54 Å². The van der Waals surface area contributed by atoms with Crippen molar-refractivity contribution in [3.63, 3.8) is 0 Å². The van der Waals surface area contributed by atoms with Crippen molar-refractivity contribution in [2.75, 3.05) is 18.9 Å². The summed E-state index contributed by atoms with van der Waals surface area (Å²) in [5, 5.41) is 2.45. The molecule has 1 amide bonds. The van der Waals surface area contributed by atoms with E-state index in [9.17, 15) is 9.59 Å². The average molecular weight is 314 g/mol. The van der Waals surface area contributed by atoms with Crippen molar-refractivity contribution in [2.45, 2.75) is 17.9 Å². The molecule has 0 heterocycles. The molecule has 20 heavy (non-hydrogen) atoms. The topological polar surface area (TPSA) is 81.4 Å². The number of carbonyl (C=O) groups is 2. The zero-order chi connectivity index (χ0) is 14.8. The largest absolute Gasteiger partial charge is 0.465 e. The molecule has 1 rings (SSSR count). The monoisotopic (exact) mass is 314 g/mol. The Balaban J connectivity index is 2.20. The molecule has 0 aliphatic carbocycles. The van der Waals surface area contributed by atoms with Crippen LogP contribution < -0.4 is 11.1 Å². The number of benzene rings is 1. The lowest BCUT2D eigenvalue weighted by atomic mass is 10.3. The van der Waals surface area contributed by atoms with Gasteiger partial charge in [0.05, 0.1) is 12.6 Å². The first kappa shape index (κ1) is 16.9. The van der Waals surface area contributed by atoms with E-state index in [1.54, 1.807) is 17.7 Å². The van der Waals surface area contributed by atoms with E-state index in [1.165, 1.54) is 10.8 Å². The lowest BCUT2D eigenvalue weighted by molar-refractivity contribution is -0.143. The molecule has 1 aromatic rings. The fraction of sp³-hybridized carbons (Fsp3) is 0.385. The number of carbonyl (C=O) groups excluding carboxylic acids is 2. The number of hydrogen-bond donors (Lipinski definition) is 2. The molecule has 0 saturated carbocycles. The first-order valence-corrected chi connectivity index (χ1v) is 8.48. The van der Waals surface area contributed by atoms with Gasteiger partial charge in [0, 0.05) is 10.6 Å². The highest BCUT2D eigenvalue weighted by Crippen LogP contribution is 2.30. The molecule has 0 aliphatic rings. The predicted molar refractivity (Wildman–Crippen MR) is 82.4 cm³/mol. The van der Waals surface area contributed by atoms with Crippen molar-refractivity contribution in [3.8, 4) is 0 Å². The second-order valence-electron chi connectivity index (χ2n) is 3.81. The molecule has 3 N–H and O–H groups in total. The number of esters is 1. The number of amides is 1. The molecule has 0 fully saturated rings. The van der Waals surface area contributed by atoms with Crippen molar-refractivity contribution in [1.29, 1.82) is 0 Å². The Morgan fingerprint density at radius 3 is 2.70 bits per heavy atom. The molecule has 110 valence electrons. The van der Waals surface area contributed by atoms with Crippen LogP contribution in [0.3, 0.4) is 0 Å². The number of hydrogen-bond acceptors (Lipinski definition) is 6. The minimum absolute atomic E-state index is 0.142. The van der Waals surface area contributed by atoms with E-state index in [-0.39, 0.29) is 12.5 Å². The van der Waals surface area contributed by atoms with E-state index < -0.39 is 12.0 Å². The predicted octanol–water partition coefficient (Wildman–Crippen LogP) is 1.43. The fourth-order valence-electron chi connectivity index (χ4n) is 1.23. The van der Waals surface area contributed by atoms with E-state index in [1.807, 2.05) is 30.3 Å². The summed E-state index contributed by atoms with van der Waals surface area (Å²) < 4.78 is 4.71. The van der Waals surface area contributed by atoms with E-state index in [0.717, 1.165) is 4.90 Å². The van der Waals surface area contributed by atoms with Gasteiger partial charge >= 0.3 is 5.97 Å². The minimum Gasteiger partial charge on any atom is -0.465 e. The Morgan fingerprint density at radius 1 is 1.35 bits per heavy atom. The average Bonchev–Trinajstić information content (AvgIpc) is 2.46. The number of rotatable bonds is 8. The van der Waals surface area contributed by atoms with Crippen LogP contribution in [0.2, 0.25) is 0 Å². The van der Waals surface area contributed by atoms with Gasteiger partial charge in [0.25, 0.3) is 0 Å². The normalized spacial score (nSPS) is 11.7. The van der Waals surface area contributed by atoms with Crippen LogP contribution in [-0.4, -0.2) is 36.8 Å². The summed E-state index contributed by atoms with van der Waals surface area (Å²) in [7, 11) is 3.07. The lowest BCUT2D eigenvalue weighted by Gasteiger charge is -2.11. The summed E-state index contributed by atoms with van der Waals surface area (Å²) in [6, 6.07) is 9.19. The molecule has 1 atom stereocenters. The van der Waals surface area contributed by atoms with Gasteiger partial charge < -0.3 is 15.8 Å². The van der Waals surface area contributed by atoms with Crippen LogP contribution >= 0.6 is 21.6 Å². The third kappa shape index (κ3) is 6.83. The molecule has 0 unspecified atom stereocenters. The zero-order valence-corrected chi connectivity index (χ0v) is 12.8. The van der Waals surface area contributed by atoms with Crippen LogP contribution in [0.1, 0.15) is 6.92 Å². The van der Waals surface area contributed by atoms with Crippen molar-refractivity contribution >= 4 is 33.5 Å². The van der Waals surface area contributed by atoms with Crippen LogP contribution in [0.4, 0.5) is 0 Å². The molecular weight excluding hydrogens is 296 g/mol. The highest BCUT2D eigenvalue weighted by Gasteiger charge is 2.14. The Kier molecular flexibility index (Phi) is 8.17. The van der Waals surface area contributed by atoms with Crippen LogP contribution in [0.5, 0.6) is 0 Å². The molecule has 0 aliphatic heterocycles. The molecule has 0 saturated heterocycles. The van der Waals surface area contributed by atoms with E-state index in [0.29, 0.717) is 12.4 Å². The molecule has 0 spiro atoms. The summed E-state index contributed by atoms with van der Waals surface area (Å²) in [6.45, 7) is 1.87. The van der Waals surface area contributed by atoms with Crippen molar-refractivity contribution < 1.29 is 14.3 Å². The first-order chi connectivity index (χ1) is 9.63.